The molecule has 1 atom stereocenters. The van der Waals surface area contributed by atoms with Gasteiger partial charge in [-0.3, -0.25) is 4.79 Å². The molecule has 0 fully saturated rings. The maximum Gasteiger partial charge on any atom is 0.340 e. The van der Waals surface area contributed by atoms with Crippen molar-refractivity contribution in [2.75, 3.05) is 6.61 Å². The number of aliphatic carboxylic acids is 1. The maximum absolute atomic E-state index is 11.6. The molecule has 2 N–H and O–H groups in total. The van der Waals surface area contributed by atoms with Crippen molar-refractivity contribution in [1.29, 1.82) is 0 Å². The molecule has 0 saturated heterocycles. The summed E-state index contributed by atoms with van der Waals surface area (Å²) >= 11 is 0. The number of rotatable bonds is 3. The fourth-order valence-corrected chi connectivity index (χ4v) is 1.63. The predicted molar refractivity (Wildman–Crippen MR) is 59.9 cm³/mol. The lowest BCUT2D eigenvalue weighted by atomic mass is 10.0. The van der Waals surface area contributed by atoms with Gasteiger partial charge in [0.1, 0.15) is 11.5 Å². The molecule has 0 aliphatic rings. The first kappa shape index (κ1) is 11.3. The van der Waals surface area contributed by atoms with Crippen LogP contribution >= 0.6 is 0 Å². The van der Waals surface area contributed by atoms with Crippen molar-refractivity contribution < 1.29 is 19.4 Å². The second-order valence-electron chi connectivity index (χ2n) is 3.60. The lowest BCUT2D eigenvalue weighted by molar-refractivity contribution is -0.139. The highest BCUT2D eigenvalue weighted by atomic mass is 16.4. The molecule has 0 saturated carbocycles. The molecule has 1 aromatic heterocycles. The molecule has 2 aromatic rings. The van der Waals surface area contributed by atoms with Gasteiger partial charge in [-0.2, -0.15) is 0 Å². The molecule has 0 amide bonds. The Labute approximate surface area is 95.9 Å². The predicted octanol–water partition coefficient (Wildman–Crippen LogP) is 0.953. The molecule has 0 bridgehead atoms. The number of hydrogen-bond donors (Lipinski definition) is 2. The van der Waals surface area contributed by atoms with Gasteiger partial charge in [0.2, 0.25) is 0 Å². The van der Waals surface area contributed by atoms with E-state index in [2.05, 4.69) is 0 Å². The van der Waals surface area contributed by atoms with Gasteiger partial charge in [0.25, 0.3) is 0 Å². The van der Waals surface area contributed by atoms with Crippen LogP contribution in [0.2, 0.25) is 0 Å². The van der Waals surface area contributed by atoms with Crippen LogP contribution in [0.3, 0.4) is 0 Å². The molecular formula is C12H10O5. The van der Waals surface area contributed by atoms with Crippen molar-refractivity contribution >= 4 is 16.9 Å². The molecule has 1 aromatic carbocycles. The molecule has 0 aliphatic heterocycles. The van der Waals surface area contributed by atoms with Crippen LogP contribution in [-0.2, 0) is 4.79 Å². The van der Waals surface area contributed by atoms with Crippen LogP contribution in [-0.4, -0.2) is 22.8 Å². The molecule has 5 heteroatoms. The molecule has 88 valence electrons. The lowest BCUT2D eigenvalue weighted by Crippen LogP contribution is -2.22. The van der Waals surface area contributed by atoms with E-state index < -0.39 is 24.1 Å². The fourth-order valence-electron chi connectivity index (χ4n) is 1.63. The van der Waals surface area contributed by atoms with Gasteiger partial charge in [-0.05, 0) is 12.1 Å². The quantitative estimate of drug-likeness (QED) is 0.772. The average molecular weight is 234 g/mol. The van der Waals surface area contributed by atoms with Gasteiger partial charge in [0.05, 0.1) is 12.2 Å². The van der Waals surface area contributed by atoms with Gasteiger partial charge < -0.3 is 14.6 Å². The Kier molecular flexibility index (Phi) is 2.93. The van der Waals surface area contributed by atoms with Crippen LogP contribution in [0, 0.1) is 0 Å². The van der Waals surface area contributed by atoms with E-state index in [0.29, 0.717) is 11.0 Å². The van der Waals surface area contributed by atoms with Crippen molar-refractivity contribution in [1.82, 2.24) is 0 Å². The van der Waals surface area contributed by atoms with Crippen LogP contribution in [0.25, 0.3) is 11.0 Å². The second kappa shape index (κ2) is 4.39. The third-order valence-corrected chi connectivity index (χ3v) is 2.52. The van der Waals surface area contributed by atoms with Crippen LogP contribution in [0.15, 0.2) is 39.5 Å². The monoisotopic (exact) mass is 234 g/mol. The van der Waals surface area contributed by atoms with Gasteiger partial charge >= 0.3 is 11.6 Å². The van der Waals surface area contributed by atoms with E-state index >= 15 is 0 Å². The Bertz CT molecular complexity index is 614. The van der Waals surface area contributed by atoms with Crippen LogP contribution in [0.4, 0.5) is 0 Å². The number of aliphatic hydroxyl groups is 1. The first-order valence-corrected chi connectivity index (χ1v) is 5.00. The van der Waals surface area contributed by atoms with E-state index in [0.717, 1.165) is 0 Å². The van der Waals surface area contributed by atoms with E-state index in [1.807, 2.05) is 0 Å². The summed E-state index contributed by atoms with van der Waals surface area (Å²) in [6.07, 6.45) is 0. The molecule has 0 spiro atoms. The summed E-state index contributed by atoms with van der Waals surface area (Å²) in [5.41, 5.74) is -0.382. The summed E-state index contributed by atoms with van der Waals surface area (Å²) in [5.74, 6) is -2.51. The molecule has 1 heterocycles. The Hall–Kier alpha value is -2.14. The molecule has 0 radical (unpaired) electrons. The van der Waals surface area contributed by atoms with Crippen molar-refractivity contribution in [2.45, 2.75) is 5.92 Å². The minimum atomic E-state index is -1.25. The molecule has 2 rings (SSSR count). The third-order valence-electron chi connectivity index (χ3n) is 2.52. The zero-order valence-corrected chi connectivity index (χ0v) is 8.79. The molecule has 17 heavy (non-hydrogen) atoms. The highest BCUT2D eigenvalue weighted by Crippen LogP contribution is 2.18. The summed E-state index contributed by atoms with van der Waals surface area (Å²) in [5, 5.41) is 18.5. The Morgan fingerprint density at radius 3 is 2.71 bits per heavy atom. The van der Waals surface area contributed by atoms with E-state index in [1.54, 1.807) is 24.3 Å². The normalized spacial score (nSPS) is 12.5. The van der Waals surface area contributed by atoms with Crippen molar-refractivity contribution in [3.05, 3.63) is 46.3 Å². The van der Waals surface area contributed by atoms with Gasteiger partial charge in [-0.15, -0.1) is 0 Å². The zero-order chi connectivity index (χ0) is 12.4. The van der Waals surface area contributed by atoms with Gasteiger partial charge in [-0.25, -0.2) is 4.79 Å². The SMILES string of the molecule is O=C(O)C(CO)c1cc2ccccc2oc1=O. The van der Waals surface area contributed by atoms with Crippen molar-refractivity contribution in [3.8, 4) is 0 Å². The largest absolute Gasteiger partial charge is 0.481 e. The summed E-state index contributed by atoms with van der Waals surface area (Å²) in [6.45, 7) is -0.640. The first-order valence-electron chi connectivity index (χ1n) is 5.00. The standard InChI is InChI=1S/C12H10O5/c13-6-9(11(14)15)8-5-7-3-1-2-4-10(7)17-12(8)16/h1-5,9,13H,6H2,(H,14,15). The Balaban J connectivity index is 2.65. The van der Waals surface area contributed by atoms with Crippen molar-refractivity contribution in [2.24, 2.45) is 0 Å². The Morgan fingerprint density at radius 1 is 1.35 bits per heavy atom. The number of para-hydroxylation sites is 1. The van der Waals surface area contributed by atoms with Crippen LogP contribution in [0.5, 0.6) is 0 Å². The topological polar surface area (TPSA) is 87.7 Å². The molecule has 5 nitrogen and oxygen atoms in total. The van der Waals surface area contributed by atoms with Crippen molar-refractivity contribution in [3.63, 3.8) is 0 Å². The third kappa shape index (κ3) is 2.05. The van der Waals surface area contributed by atoms with Crippen LogP contribution in [0.1, 0.15) is 11.5 Å². The number of carboxylic acid groups (broad SMARTS) is 1. The lowest BCUT2D eigenvalue weighted by Gasteiger charge is -2.08. The minimum Gasteiger partial charge on any atom is -0.481 e. The number of aliphatic hydroxyl groups excluding tert-OH is 1. The summed E-state index contributed by atoms with van der Waals surface area (Å²) < 4.78 is 5.00. The average Bonchev–Trinajstić information content (AvgIpc) is 2.30. The molecule has 1 unspecified atom stereocenters. The zero-order valence-electron chi connectivity index (χ0n) is 8.79. The summed E-state index contributed by atoms with van der Waals surface area (Å²) in [4.78, 5) is 22.5. The summed E-state index contributed by atoms with van der Waals surface area (Å²) in [6, 6.07) is 8.23. The smallest absolute Gasteiger partial charge is 0.340 e. The van der Waals surface area contributed by atoms with E-state index in [4.69, 9.17) is 14.6 Å². The number of hydrogen-bond acceptors (Lipinski definition) is 4. The first-order chi connectivity index (χ1) is 8.13. The van der Waals surface area contributed by atoms with Gasteiger partial charge in [-0.1, -0.05) is 18.2 Å². The van der Waals surface area contributed by atoms with E-state index in [9.17, 15) is 9.59 Å². The molecule has 0 aliphatic carbocycles. The highest BCUT2D eigenvalue weighted by molar-refractivity contribution is 5.80. The van der Waals surface area contributed by atoms with E-state index in [-0.39, 0.29) is 5.56 Å². The number of benzene rings is 1. The maximum atomic E-state index is 11.6. The summed E-state index contributed by atoms with van der Waals surface area (Å²) in [7, 11) is 0. The Morgan fingerprint density at radius 2 is 2.06 bits per heavy atom. The molecular weight excluding hydrogens is 224 g/mol. The number of fused-ring (bicyclic) bond motifs is 1. The van der Waals surface area contributed by atoms with Gasteiger partial charge in [0.15, 0.2) is 0 Å². The number of carbonyl (C=O) groups is 1. The minimum absolute atomic E-state index is 0.0429. The highest BCUT2D eigenvalue weighted by Gasteiger charge is 2.23. The second-order valence-corrected chi connectivity index (χ2v) is 3.60. The van der Waals surface area contributed by atoms with E-state index in [1.165, 1.54) is 6.07 Å². The van der Waals surface area contributed by atoms with Gasteiger partial charge in [0, 0.05) is 5.39 Å². The fraction of sp³-hybridized carbons (Fsp3) is 0.167. The number of carboxylic acids is 1. The van der Waals surface area contributed by atoms with Crippen LogP contribution < -0.4 is 5.63 Å².